The van der Waals surface area contributed by atoms with Crippen LogP contribution in [0.15, 0.2) is 36.5 Å². The molecule has 1 aliphatic carbocycles. The van der Waals surface area contributed by atoms with Gasteiger partial charge < -0.3 is 5.73 Å². The first kappa shape index (κ1) is 17.1. The topological polar surface area (TPSA) is 85.1 Å². The third-order valence-electron chi connectivity index (χ3n) is 3.83. The Balaban J connectivity index is 0.00000176. The predicted octanol–water partition coefficient (Wildman–Crippen LogP) is 1.81. The molecule has 1 saturated carbocycles. The van der Waals surface area contributed by atoms with E-state index in [0.717, 1.165) is 23.7 Å². The predicted molar refractivity (Wildman–Crippen MR) is 90.3 cm³/mol. The second kappa shape index (κ2) is 6.91. The maximum Gasteiger partial charge on any atom is 0.215 e. The molecular formula is C15H20ClN3O2S. The molecule has 3 rings (SSSR count). The van der Waals surface area contributed by atoms with E-state index < -0.39 is 10.0 Å². The van der Waals surface area contributed by atoms with Gasteiger partial charge in [0.05, 0.1) is 11.3 Å². The molecule has 3 N–H and O–H groups in total. The van der Waals surface area contributed by atoms with Crippen LogP contribution in [0.2, 0.25) is 0 Å². The van der Waals surface area contributed by atoms with E-state index in [0.29, 0.717) is 18.0 Å². The first-order chi connectivity index (χ1) is 10.1. The van der Waals surface area contributed by atoms with Crippen LogP contribution in [0.1, 0.15) is 18.4 Å². The highest BCUT2D eigenvalue weighted by Gasteiger charge is 2.29. The number of nitrogens with one attached hydrogen (secondary N) is 1. The number of rotatable bonds is 6. The standard InChI is InChI=1S/C15H19N3O2S.ClH/c16-14(11-6-7-11)9-18-21(19,20)10-13-4-1-3-12-5-2-8-17-15(12)13;/h1-5,8,11,14,18H,6-7,9-10,16H2;1H. The van der Waals surface area contributed by atoms with Gasteiger partial charge in [-0.05, 0) is 30.4 Å². The number of aromatic nitrogens is 1. The molecule has 0 saturated heterocycles. The van der Waals surface area contributed by atoms with Crippen LogP contribution in [-0.4, -0.2) is 26.0 Å². The van der Waals surface area contributed by atoms with Crippen molar-refractivity contribution in [1.82, 2.24) is 9.71 Å². The van der Waals surface area contributed by atoms with Gasteiger partial charge in [-0.2, -0.15) is 0 Å². The molecule has 1 aromatic carbocycles. The minimum Gasteiger partial charge on any atom is -0.326 e. The van der Waals surface area contributed by atoms with Crippen LogP contribution in [-0.2, 0) is 15.8 Å². The Kier molecular flexibility index (Phi) is 5.39. The maximum atomic E-state index is 12.2. The minimum absolute atomic E-state index is 0. The number of benzene rings is 1. The number of para-hydroxylation sites is 1. The van der Waals surface area contributed by atoms with Crippen molar-refractivity contribution >= 4 is 33.3 Å². The molecule has 1 aromatic heterocycles. The smallest absolute Gasteiger partial charge is 0.215 e. The first-order valence-electron chi connectivity index (χ1n) is 7.11. The van der Waals surface area contributed by atoms with Gasteiger partial charge in [0.15, 0.2) is 0 Å². The van der Waals surface area contributed by atoms with Crippen LogP contribution in [0.3, 0.4) is 0 Å². The van der Waals surface area contributed by atoms with E-state index in [-0.39, 0.29) is 24.2 Å². The lowest BCUT2D eigenvalue weighted by molar-refractivity contribution is 0.547. The van der Waals surface area contributed by atoms with E-state index in [1.54, 1.807) is 12.3 Å². The van der Waals surface area contributed by atoms with Crippen LogP contribution in [0.5, 0.6) is 0 Å². The Bertz CT molecular complexity index is 742. The summed E-state index contributed by atoms with van der Waals surface area (Å²) in [5.74, 6) is 0.408. The van der Waals surface area contributed by atoms with Gasteiger partial charge in [0.1, 0.15) is 0 Å². The molecule has 0 amide bonds. The molecule has 1 fully saturated rings. The summed E-state index contributed by atoms with van der Waals surface area (Å²) in [5, 5.41) is 0.944. The molecule has 22 heavy (non-hydrogen) atoms. The molecule has 0 radical (unpaired) electrons. The van der Waals surface area contributed by atoms with Crippen LogP contribution in [0.4, 0.5) is 0 Å². The Morgan fingerprint density at radius 2 is 2.00 bits per heavy atom. The normalized spacial score (nSPS) is 16.2. The van der Waals surface area contributed by atoms with E-state index in [4.69, 9.17) is 5.73 Å². The van der Waals surface area contributed by atoms with Crippen molar-refractivity contribution in [3.8, 4) is 0 Å². The van der Waals surface area contributed by atoms with Gasteiger partial charge in [-0.3, -0.25) is 4.98 Å². The Morgan fingerprint density at radius 1 is 1.27 bits per heavy atom. The monoisotopic (exact) mass is 341 g/mol. The first-order valence-corrected chi connectivity index (χ1v) is 8.76. The van der Waals surface area contributed by atoms with Gasteiger partial charge in [0, 0.05) is 24.2 Å². The Labute approximate surface area is 136 Å². The summed E-state index contributed by atoms with van der Waals surface area (Å²) in [6.45, 7) is 0.311. The van der Waals surface area contributed by atoms with Crippen LogP contribution < -0.4 is 10.5 Å². The summed E-state index contributed by atoms with van der Waals surface area (Å²) in [6.07, 6.45) is 3.89. The van der Waals surface area contributed by atoms with E-state index in [2.05, 4.69) is 9.71 Å². The van der Waals surface area contributed by atoms with E-state index >= 15 is 0 Å². The summed E-state index contributed by atoms with van der Waals surface area (Å²) >= 11 is 0. The second-order valence-corrected chi connectivity index (χ2v) is 7.41. The van der Waals surface area contributed by atoms with Crippen LogP contribution >= 0.6 is 12.4 Å². The highest BCUT2D eigenvalue weighted by Crippen LogP contribution is 2.31. The third kappa shape index (κ3) is 4.16. The van der Waals surface area contributed by atoms with Crippen molar-refractivity contribution in [1.29, 1.82) is 0 Å². The second-order valence-electron chi connectivity index (χ2n) is 5.60. The largest absolute Gasteiger partial charge is 0.326 e. The molecular weight excluding hydrogens is 322 g/mol. The molecule has 5 nitrogen and oxygen atoms in total. The van der Waals surface area contributed by atoms with Crippen molar-refractivity contribution in [3.05, 3.63) is 42.1 Å². The van der Waals surface area contributed by atoms with Gasteiger partial charge in [-0.1, -0.05) is 24.3 Å². The summed E-state index contributed by atoms with van der Waals surface area (Å²) in [7, 11) is -3.40. The fraction of sp³-hybridized carbons (Fsp3) is 0.400. The zero-order valence-corrected chi connectivity index (χ0v) is 13.7. The number of hydrogen-bond donors (Lipinski definition) is 2. The molecule has 2 aromatic rings. The number of pyridine rings is 1. The van der Waals surface area contributed by atoms with Gasteiger partial charge in [0.2, 0.25) is 10.0 Å². The van der Waals surface area contributed by atoms with Gasteiger partial charge in [-0.25, -0.2) is 13.1 Å². The average molecular weight is 342 g/mol. The zero-order valence-electron chi connectivity index (χ0n) is 12.1. The minimum atomic E-state index is -3.40. The Hall–Kier alpha value is -1.21. The van der Waals surface area contributed by atoms with Crippen molar-refractivity contribution < 1.29 is 8.42 Å². The van der Waals surface area contributed by atoms with Crippen molar-refractivity contribution in [2.24, 2.45) is 11.7 Å². The highest BCUT2D eigenvalue weighted by atomic mass is 35.5. The van der Waals surface area contributed by atoms with Gasteiger partial charge in [-0.15, -0.1) is 12.4 Å². The highest BCUT2D eigenvalue weighted by molar-refractivity contribution is 7.88. The number of sulfonamides is 1. The lowest BCUT2D eigenvalue weighted by Gasteiger charge is -2.12. The van der Waals surface area contributed by atoms with Gasteiger partial charge in [0.25, 0.3) is 0 Å². The molecule has 1 heterocycles. The maximum absolute atomic E-state index is 12.2. The summed E-state index contributed by atoms with van der Waals surface area (Å²) in [6, 6.07) is 9.27. The molecule has 1 aliphatic rings. The molecule has 0 bridgehead atoms. The number of nitrogens with zero attached hydrogens (tertiary/aromatic N) is 1. The molecule has 1 unspecified atom stereocenters. The van der Waals surface area contributed by atoms with Crippen molar-refractivity contribution in [2.75, 3.05) is 6.54 Å². The van der Waals surface area contributed by atoms with E-state index in [1.165, 1.54) is 0 Å². The lowest BCUT2D eigenvalue weighted by atomic mass is 10.1. The molecule has 0 aliphatic heterocycles. The average Bonchev–Trinajstić information content (AvgIpc) is 3.30. The van der Waals surface area contributed by atoms with Crippen molar-refractivity contribution in [2.45, 2.75) is 24.6 Å². The third-order valence-corrected chi connectivity index (χ3v) is 5.13. The number of nitrogens with two attached hydrogens (primary N) is 1. The van der Waals surface area contributed by atoms with Crippen LogP contribution in [0.25, 0.3) is 10.9 Å². The fourth-order valence-electron chi connectivity index (χ4n) is 2.45. The molecule has 120 valence electrons. The SMILES string of the molecule is Cl.NC(CNS(=O)(=O)Cc1cccc2cccnc12)C1CC1. The van der Waals surface area contributed by atoms with E-state index in [1.807, 2.05) is 24.3 Å². The molecule has 7 heteroatoms. The zero-order chi connectivity index (χ0) is 14.9. The van der Waals surface area contributed by atoms with Gasteiger partial charge >= 0.3 is 0 Å². The number of hydrogen-bond acceptors (Lipinski definition) is 4. The summed E-state index contributed by atoms with van der Waals surface area (Å²) < 4.78 is 27.0. The number of fused-ring (bicyclic) bond motifs is 1. The lowest BCUT2D eigenvalue weighted by Crippen LogP contribution is -2.39. The summed E-state index contributed by atoms with van der Waals surface area (Å²) in [5.41, 5.74) is 7.37. The van der Waals surface area contributed by atoms with E-state index in [9.17, 15) is 8.42 Å². The van der Waals surface area contributed by atoms with Crippen molar-refractivity contribution in [3.63, 3.8) is 0 Å². The molecule has 0 spiro atoms. The fourth-order valence-corrected chi connectivity index (χ4v) is 3.64. The number of halogens is 1. The Morgan fingerprint density at radius 3 is 2.73 bits per heavy atom. The summed E-state index contributed by atoms with van der Waals surface area (Å²) in [4.78, 5) is 4.28. The quantitative estimate of drug-likeness (QED) is 0.839. The van der Waals surface area contributed by atoms with Crippen LogP contribution in [0, 0.1) is 5.92 Å². The molecule has 1 atom stereocenters.